The summed E-state index contributed by atoms with van der Waals surface area (Å²) in [5, 5.41) is 19.3. The summed E-state index contributed by atoms with van der Waals surface area (Å²) in [6.07, 6.45) is 0. The zero-order valence-electron chi connectivity index (χ0n) is 8.24. The molecule has 7 heteroatoms. The largest absolute Gasteiger partial charge is 0.396 e. The quantitative estimate of drug-likeness (QED) is 0.700. The second-order valence-corrected chi connectivity index (χ2v) is 3.11. The minimum absolute atomic E-state index is 0.0303. The summed E-state index contributed by atoms with van der Waals surface area (Å²) < 4.78 is 25.3. The number of rotatable bonds is 4. The number of nitrogen functional groups attached to an aromatic ring is 1. The van der Waals surface area contributed by atoms with Gasteiger partial charge in [0.25, 0.3) is 5.92 Å². The van der Waals surface area contributed by atoms with Gasteiger partial charge in [0.2, 0.25) is 0 Å². The number of aliphatic hydroxyl groups excluding tert-OH is 1. The molecule has 0 saturated heterocycles. The Bertz CT molecular complexity index is 416. The van der Waals surface area contributed by atoms with E-state index in [2.05, 4.69) is 10.3 Å². The molecule has 0 unspecified atom stereocenters. The highest BCUT2D eigenvalue weighted by atomic mass is 19.3. The van der Waals surface area contributed by atoms with E-state index in [4.69, 9.17) is 16.1 Å². The fourth-order valence-electron chi connectivity index (χ4n) is 0.934. The van der Waals surface area contributed by atoms with Crippen LogP contribution in [0.15, 0.2) is 12.1 Å². The fourth-order valence-corrected chi connectivity index (χ4v) is 0.934. The lowest BCUT2D eigenvalue weighted by Crippen LogP contribution is -2.31. The van der Waals surface area contributed by atoms with Crippen molar-refractivity contribution in [2.45, 2.75) is 5.92 Å². The number of nitriles is 1. The first-order chi connectivity index (χ1) is 7.48. The van der Waals surface area contributed by atoms with Crippen LogP contribution in [0.25, 0.3) is 0 Å². The molecule has 4 N–H and O–H groups in total. The molecule has 1 aromatic rings. The van der Waals surface area contributed by atoms with E-state index >= 15 is 0 Å². The topological polar surface area (TPSA) is 95.0 Å². The van der Waals surface area contributed by atoms with Gasteiger partial charge in [-0.1, -0.05) is 0 Å². The normalized spacial score (nSPS) is 10.9. The van der Waals surface area contributed by atoms with Crippen molar-refractivity contribution in [2.75, 3.05) is 24.2 Å². The van der Waals surface area contributed by atoms with Crippen molar-refractivity contribution in [1.29, 1.82) is 5.26 Å². The van der Waals surface area contributed by atoms with Crippen LogP contribution in [0.1, 0.15) is 5.69 Å². The van der Waals surface area contributed by atoms with E-state index in [9.17, 15) is 8.78 Å². The van der Waals surface area contributed by atoms with E-state index < -0.39 is 19.1 Å². The third-order valence-corrected chi connectivity index (χ3v) is 1.79. The molecule has 0 amide bonds. The summed E-state index contributed by atoms with van der Waals surface area (Å²) >= 11 is 0. The first kappa shape index (κ1) is 12.1. The Kier molecular flexibility index (Phi) is 3.58. The summed E-state index contributed by atoms with van der Waals surface area (Å²) in [5.74, 6) is -3.12. The van der Waals surface area contributed by atoms with E-state index in [1.807, 2.05) is 0 Å². The zero-order chi connectivity index (χ0) is 12.2. The van der Waals surface area contributed by atoms with Gasteiger partial charge in [0.15, 0.2) is 5.69 Å². The summed E-state index contributed by atoms with van der Waals surface area (Å²) in [6, 6.07) is 4.51. The number of hydrogen-bond donors (Lipinski definition) is 3. The van der Waals surface area contributed by atoms with Gasteiger partial charge in [-0.3, -0.25) is 0 Å². The predicted octanol–water partition coefficient (Wildman–Crippen LogP) is 0.575. The van der Waals surface area contributed by atoms with Crippen LogP contribution in [0.3, 0.4) is 0 Å². The molecule has 5 nitrogen and oxygen atoms in total. The van der Waals surface area contributed by atoms with Crippen LogP contribution in [0, 0.1) is 11.3 Å². The Morgan fingerprint density at radius 2 is 2.25 bits per heavy atom. The molecule has 0 bridgehead atoms. The number of alkyl halides is 2. The number of hydrogen-bond acceptors (Lipinski definition) is 5. The third-order valence-electron chi connectivity index (χ3n) is 1.79. The van der Waals surface area contributed by atoms with Crippen LogP contribution in [0.5, 0.6) is 0 Å². The lowest BCUT2D eigenvalue weighted by molar-refractivity contribution is -0.0373. The number of aliphatic hydroxyl groups is 1. The number of halogens is 2. The lowest BCUT2D eigenvalue weighted by Gasteiger charge is -2.14. The van der Waals surface area contributed by atoms with Crippen molar-refractivity contribution in [3.05, 3.63) is 17.8 Å². The van der Waals surface area contributed by atoms with E-state index in [-0.39, 0.29) is 17.2 Å². The number of aromatic nitrogens is 1. The molecule has 1 rings (SSSR count). The molecule has 0 saturated carbocycles. The predicted molar refractivity (Wildman–Crippen MR) is 53.9 cm³/mol. The highest BCUT2D eigenvalue weighted by Gasteiger charge is 2.27. The molecular weight excluding hydrogens is 218 g/mol. The smallest absolute Gasteiger partial charge is 0.287 e. The second-order valence-electron chi connectivity index (χ2n) is 3.11. The Hall–Kier alpha value is -1.94. The highest BCUT2D eigenvalue weighted by molar-refractivity contribution is 5.54. The second kappa shape index (κ2) is 4.72. The molecule has 0 fully saturated rings. The minimum atomic E-state index is -3.23. The molecule has 1 aromatic heterocycles. The number of pyridine rings is 1. The van der Waals surface area contributed by atoms with Crippen molar-refractivity contribution in [3.8, 4) is 6.07 Å². The van der Waals surface area contributed by atoms with Gasteiger partial charge in [-0.15, -0.1) is 0 Å². The van der Waals surface area contributed by atoms with Crippen LogP contribution in [0.4, 0.5) is 20.3 Å². The number of nitrogens with two attached hydrogens (primary N) is 1. The van der Waals surface area contributed by atoms with Crippen molar-refractivity contribution in [3.63, 3.8) is 0 Å². The van der Waals surface area contributed by atoms with E-state index in [0.717, 1.165) is 0 Å². The van der Waals surface area contributed by atoms with Gasteiger partial charge in [-0.05, 0) is 12.1 Å². The summed E-state index contributed by atoms with van der Waals surface area (Å²) in [5.41, 5.74) is 5.56. The average molecular weight is 228 g/mol. The van der Waals surface area contributed by atoms with Gasteiger partial charge < -0.3 is 16.2 Å². The molecule has 0 atom stereocenters. The van der Waals surface area contributed by atoms with Gasteiger partial charge in [0.05, 0.1) is 12.2 Å². The van der Waals surface area contributed by atoms with Gasteiger partial charge in [-0.25, -0.2) is 13.8 Å². The molecule has 0 radical (unpaired) electrons. The Labute approximate surface area is 90.5 Å². The summed E-state index contributed by atoms with van der Waals surface area (Å²) in [7, 11) is 0. The van der Waals surface area contributed by atoms with Crippen LogP contribution < -0.4 is 11.1 Å². The van der Waals surface area contributed by atoms with Crippen LogP contribution in [-0.2, 0) is 0 Å². The van der Waals surface area contributed by atoms with E-state index in [1.54, 1.807) is 6.07 Å². The molecule has 1 heterocycles. The highest BCUT2D eigenvalue weighted by Crippen LogP contribution is 2.15. The van der Waals surface area contributed by atoms with Gasteiger partial charge in [-0.2, -0.15) is 5.26 Å². The summed E-state index contributed by atoms with van der Waals surface area (Å²) in [4.78, 5) is 3.72. The molecular formula is C9H10F2N4O. The molecule has 16 heavy (non-hydrogen) atoms. The number of nitrogens with zero attached hydrogens (tertiary/aromatic N) is 2. The van der Waals surface area contributed by atoms with Gasteiger partial charge in [0.1, 0.15) is 18.5 Å². The van der Waals surface area contributed by atoms with Crippen LogP contribution in [-0.4, -0.2) is 29.2 Å². The fraction of sp³-hybridized carbons (Fsp3) is 0.333. The maximum atomic E-state index is 12.7. The minimum Gasteiger partial charge on any atom is -0.396 e. The van der Waals surface area contributed by atoms with E-state index in [1.165, 1.54) is 12.1 Å². The van der Waals surface area contributed by atoms with Crippen molar-refractivity contribution in [1.82, 2.24) is 4.98 Å². The molecule has 0 aliphatic rings. The van der Waals surface area contributed by atoms with Gasteiger partial charge >= 0.3 is 0 Å². The van der Waals surface area contributed by atoms with Gasteiger partial charge in [0, 0.05) is 0 Å². The van der Waals surface area contributed by atoms with Crippen molar-refractivity contribution >= 4 is 11.5 Å². The Morgan fingerprint density at radius 1 is 1.56 bits per heavy atom. The molecule has 0 spiro atoms. The zero-order valence-corrected chi connectivity index (χ0v) is 8.24. The SMILES string of the molecule is N#Cc1nc(NCC(F)(F)CO)ccc1N. The number of anilines is 2. The standard InChI is InChI=1S/C9H10F2N4O/c10-9(11,5-16)4-14-8-2-1-6(13)7(3-12)15-8/h1-2,16H,4-5,13H2,(H,14,15). The monoisotopic (exact) mass is 228 g/mol. The molecule has 0 aliphatic heterocycles. The maximum absolute atomic E-state index is 12.7. The third kappa shape index (κ3) is 3.03. The van der Waals surface area contributed by atoms with Crippen LogP contribution in [0.2, 0.25) is 0 Å². The van der Waals surface area contributed by atoms with E-state index in [0.29, 0.717) is 0 Å². The van der Waals surface area contributed by atoms with Crippen molar-refractivity contribution in [2.24, 2.45) is 0 Å². The van der Waals surface area contributed by atoms with Crippen molar-refractivity contribution < 1.29 is 13.9 Å². The maximum Gasteiger partial charge on any atom is 0.287 e. The Balaban J connectivity index is 2.73. The molecule has 0 aliphatic carbocycles. The first-order valence-corrected chi connectivity index (χ1v) is 4.38. The lowest BCUT2D eigenvalue weighted by atomic mass is 10.3. The first-order valence-electron chi connectivity index (χ1n) is 4.38. The Morgan fingerprint density at radius 3 is 2.81 bits per heavy atom. The average Bonchev–Trinajstić information content (AvgIpc) is 2.28. The molecule has 86 valence electrons. The summed E-state index contributed by atoms with van der Waals surface area (Å²) in [6.45, 7) is -2.01. The van der Waals surface area contributed by atoms with Crippen LogP contribution >= 0.6 is 0 Å². The molecule has 0 aromatic carbocycles. The number of nitrogens with one attached hydrogen (secondary N) is 1.